The van der Waals surface area contributed by atoms with Crippen LogP contribution < -0.4 is 5.32 Å². The number of hydrogen-bond donors (Lipinski definition) is 2. The van der Waals surface area contributed by atoms with Crippen LogP contribution in [-0.4, -0.2) is 32.2 Å². The van der Waals surface area contributed by atoms with E-state index in [9.17, 15) is 9.90 Å². The molecule has 3 heterocycles. The number of furan rings is 1. The maximum atomic E-state index is 12.3. The molecule has 2 N–H and O–H groups in total. The second-order valence-corrected chi connectivity index (χ2v) is 6.13. The SMILES string of the molecule is Cc1cc2nc(C)c(CCC(=O)NC(CO)c3ccco3)c(C)n2n1. The van der Waals surface area contributed by atoms with Crippen molar-refractivity contribution in [3.63, 3.8) is 0 Å². The molecule has 25 heavy (non-hydrogen) atoms. The van der Waals surface area contributed by atoms with E-state index in [-0.39, 0.29) is 12.5 Å². The van der Waals surface area contributed by atoms with Gasteiger partial charge in [0.25, 0.3) is 0 Å². The molecule has 0 aliphatic carbocycles. The molecule has 132 valence electrons. The number of amides is 1. The Morgan fingerprint density at radius 3 is 2.88 bits per heavy atom. The third kappa shape index (κ3) is 3.56. The number of aliphatic hydroxyl groups is 1. The summed E-state index contributed by atoms with van der Waals surface area (Å²) in [7, 11) is 0. The van der Waals surface area contributed by atoms with Crippen molar-refractivity contribution < 1.29 is 14.3 Å². The van der Waals surface area contributed by atoms with Crippen LogP contribution in [-0.2, 0) is 11.2 Å². The van der Waals surface area contributed by atoms with E-state index in [2.05, 4.69) is 15.4 Å². The second-order valence-electron chi connectivity index (χ2n) is 6.13. The summed E-state index contributed by atoms with van der Waals surface area (Å²) < 4.78 is 7.06. The normalized spacial score (nSPS) is 12.5. The zero-order valence-corrected chi connectivity index (χ0v) is 14.6. The van der Waals surface area contributed by atoms with Crippen LogP contribution in [0.3, 0.4) is 0 Å². The standard InChI is InChI=1S/C18H22N4O3/c1-11-9-17-19-12(2)14(13(3)22(17)21-11)6-7-18(24)20-15(10-23)16-5-4-8-25-16/h4-5,8-9,15,23H,6-7,10H2,1-3H3,(H,20,24). The average Bonchev–Trinajstić information content (AvgIpc) is 3.21. The maximum Gasteiger partial charge on any atom is 0.220 e. The minimum absolute atomic E-state index is 0.147. The fourth-order valence-corrected chi connectivity index (χ4v) is 3.00. The fraction of sp³-hybridized carbons (Fsp3) is 0.389. The van der Waals surface area contributed by atoms with Crippen molar-refractivity contribution in [1.29, 1.82) is 0 Å². The molecule has 0 aromatic carbocycles. The Hall–Kier alpha value is -2.67. The van der Waals surface area contributed by atoms with Gasteiger partial charge in [0.2, 0.25) is 5.91 Å². The van der Waals surface area contributed by atoms with Gasteiger partial charge in [-0.25, -0.2) is 9.50 Å². The van der Waals surface area contributed by atoms with E-state index in [4.69, 9.17) is 4.42 Å². The molecule has 3 rings (SSSR count). The Bertz CT molecular complexity index is 883. The van der Waals surface area contributed by atoms with E-state index in [0.29, 0.717) is 18.6 Å². The lowest BCUT2D eigenvalue weighted by Crippen LogP contribution is -2.30. The first kappa shape index (κ1) is 17.2. The summed E-state index contributed by atoms with van der Waals surface area (Å²) in [6.45, 7) is 5.65. The molecule has 3 aromatic rings. The van der Waals surface area contributed by atoms with Crippen molar-refractivity contribution in [2.45, 2.75) is 39.7 Å². The van der Waals surface area contributed by atoms with Crippen molar-refractivity contribution in [2.75, 3.05) is 6.61 Å². The van der Waals surface area contributed by atoms with Crippen LogP contribution in [0.5, 0.6) is 0 Å². The van der Waals surface area contributed by atoms with Crippen molar-refractivity contribution >= 4 is 11.6 Å². The van der Waals surface area contributed by atoms with Crippen LogP contribution in [0.15, 0.2) is 28.9 Å². The first-order valence-electron chi connectivity index (χ1n) is 8.25. The van der Waals surface area contributed by atoms with Crippen molar-refractivity contribution in [1.82, 2.24) is 19.9 Å². The molecular formula is C18H22N4O3. The number of fused-ring (bicyclic) bond motifs is 1. The predicted octanol–water partition coefficient (Wildman–Crippen LogP) is 2.03. The van der Waals surface area contributed by atoms with Gasteiger partial charge in [0.1, 0.15) is 11.8 Å². The lowest BCUT2D eigenvalue weighted by molar-refractivity contribution is -0.122. The number of aliphatic hydroxyl groups excluding tert-OH is 1. The van der Waals surface area contributed by atoms with Gasteiger partial charge < -0.3 is 14.8 Å². The molecule has 0 radical (unpaired) electrons. The Balaban J connectivity index is 1.70. The highest BCUT2D eigenvalue weighted by molar-refractivity contribution is 5.76. The number of rotatable bonds is 6. The first-order valence-corrected chi connectivity index (χ1v) is 8.25. The molecule has 0 spiro atoms. The number of nitrogens with one attached hydrogen (secondary N) is 1. The van der Waals surface area contributed by atoms with E-state index < -0.39 is 6.04 Å². The number of hydrogen-bond acceptors (Lipinski definition) is 5. The third-order valence-corrected chi connectivity index (χ3v) is 4.29. The van der Waals surface area contributed by atoms with Gasteiger partial charge in [-0.1, -0.05) is 0 Å². The summed E-state index contributed by atoms with van der Waals surface area (Å²) in [6, 6.07) is 4.86. The van der Waals surface area contributed by atoms with Crippen LogP contribution in [0, 0.1) is 20.8 Å². The van der Waals surface area contributed by atoms with Gasteiger partial charge in [-0.05, 0) is 44.9 Å². The van der Waals surface area contributed by atoms with E-state index in [0.717, 1.165) is 28.3 Å². The van der Waals surface area contributed by atoms with Crippen LogP contribution >= 0.6 is 0 Å². The van der Waals surface area contributed by atoms with Crippen molar-refractivity contribution in [3.05, 3.63) is 52.9 Å². The smallest absolute Gasteiger partial charge is 0.220 e. The number of aromatic nitrogens is 3. The summed E-state index contributed by atoms with van der Waals surface area (Å²) >= 11 is 0. The molecule has 0 bridgehead atoms. The molecule has 3 aromatic heterocycles. The second kappa shape index (κ2) is 7.06. The molecule has 7 nitrogen and oxygen atoms in total. The Kier molecular flexibility index (Phi) is 4.85. The number of carbonyl (C=O) groups is 1. The van der Waals surface area contributed by atoms with E-state index in [1.165, 1.54) is 6.26 Å². The van der Waals surface area contributed by atoms with E-state index in [1.54, 1.807) is 12.1 Å². The maximum absolute atomic E-state index is 12.3. The van der Waals surface area contributed by atoms with E-state index in [1.807, 2.05) is 31.4 Å². The highest BCUT2D eigenvalue weighted by Gasteiger charge is 2.17. The summed E-state index contributed by atoms with van der Waals surface area (Å²) in [5.74, 6) is 0.393. The average molecular weight is 342 g/mol. The van der Waals surface area contributed by atoms with Crippen LogP contribution in [0.4, 0.5) is 0 Å². The molecule has 0 saturated heterocycles. The van der Waals surface area contributed by atoms with Crippen LogP contribution in [0.25, 0.3) is 5.65 Å². The number of nitrogens with zero attached hydrogens (tertiary/aromatic N) is 3. The van der Waals surface area contributed by atoms with Gasteiger partial charge >= 0.3 is 0 Å². The number of carbonyl (C=O) groups excluding carboxylic acids is 1. The van der Waals surface area contributed by atoms with Gasteiger partial charge in [-0.15, -0.1) is 0 Å². The molecule has 1 unspecified atom stereocenters. The van der Waals surface area contributed by atoms with Crippen molar-refractivity contribution in [2.24, 2.45) is 0 Å². The Morgan fingerprint density at radius 1 is 1.40 bits per heavy atom. The summed E-state index contributed by atoms with van der Waals surface area (Å²) in [4.78, 5) is 16.8. The minimum atomic E-state index is -0.529. The zero-order valence-electron chi connectivity index (χ0n) is 14.6. The van der Waals surface area contributed by atoms with Gasteiger partial charge in [0.15, 0.2) is 5.65 Å². The van der Waals surface area contributed by atoms with Gasteiger partial charge in [0, 0.05) is 23.9 Å². The minimum Gasteiger partial charge on any atom is -0.467 e. The van der Waals surface area contributed by atoms with Gasteiger partial charge in [0.05, 0.1) is 18.6 Å². The largest absolute Gasteiger partial charge is 0.467 e. The highest BCUT2D eigenvalue weighted by atomic mass is 16.3. The van der Waals surface area contributed by atoms with Crippen LogP contribution in [0.2, 0.25) is 0 Å². The Labute approximate surface area is 145 Å². The molecule has 0 aliphatic rings. The number of aryl methyl sites for hydroxylation is 3. The summed E-state index contributed by atoms with van der Waals surface area (Å²) in [6.07, 6.45) is 2.37. The summed E-state index contributed by atoms with van der Waals surface area (Å²) in [5, 5.41) is 16.7. The van der Waals surface area contributed by atoms with E-state index >= 15 is 0 Å². The molecule has 0 fully saturated rings. The first-order chi connectivity index (χ1) is 12.0. The molecular weight excluding hydrogens is 320 g/mol. The Morgan fingerprint density at radius 2 is 2.20 bits per heavy atom. The topological polar surface area (TPSA) is 92.7 Å². The third-order valence-electron chi connectivity index (χ3n) is 4.29. The van der Waals surface area contributed by atoms with Crippen molar-refractivity contribution in [3.8, 4) is 0 Å². The molecule has 1 amide bonds. The quantitative estimate of drug-likeness (QED) is 0.715. The van der Waals surface area contributed by atoms with Gasteiger partial charge in [-0.3, -0.25) is 4.79 Å². The lowest BCUT2D eigenvalue weighted by atomic mass is 10.1. The lowest BCUT2D eigenvalue weighted by Gasteiger charge is -2.15. The van der Waals surface area contributed by atoms with Gasteiger partial charge in [-0.2, -0.15) is 5.10 Å². The molecule has 7 heteroatoms. The highest BCUT2D eigenvalue weighted by Crippen LogP contribution is 2.18. The fourth-order valence-electron chi connectivity index (χ4n) is 3.00. The summed E-state index contributed by atoms with van der Waals surface area (Å²) in [5.41, 5.74) is 4.65. The molecule has 0 saturated carbocycles. The monoisotopic (exact) mass is 342 g/mol. The molecule has 0 aliphatic heterocycles. The molecule has 1 atom stereocenters. The predicted molar refractivity (Wildman–Crippen MR) is 92.2 cm³/mol. The van der Waals surface area contributed by atoms with Crippen LogP contribution in [0.1, 0.15) is 40.9 Å². The zero-order chi connectivity index (χ0) is 18.0.